The van der Waals surface area contributed by atoms with Crippen molar-refractivity contribution in [2.24, 2.45) is 0 Å². The first kappa shape index (κ1) is 20.1. The third-order valence-corrected chi connectivity index (χ3v) is 6.79. The van der Waals surface area contributed by atoms with Crippen LogP contribution in [0.2, 0.25) is 5.28 Å². The van der Waals surface area contributed by atoms with Gasteiger partial charge in [-0.15, -0.1) is 0 Å². The van der Waals surface area contributed by atoms with E-state index in [-0.39, 0.29) is 5.28 Å². The highest BCUT2D eigenvalue weighted by Gasteiger charge is 2.12. The summed E-state index contributed by atoms with van der Waals surface area (Å²) >= 11 is 6.38. The molecule has 0 atom stereocenters. The van der Waals surface area contributed by atoms with E-state index >= 15 is 0 Å². The van der Waals surface area contributed by atoms with Crippen LogP contribution in [-0.4, -0.2) is 15.0 Å². The van der Waals surface area contributed by atoms with E-state index in [1.165, 1.54) is 32.3 Å². The maximum atomic E-state index is 6.38. The summed E-state index contributed by atoms with van der Waals surface area (Å²) in [6, 6.07) is 38.0. The van der Waals surface area contributed by atoms with Crippen LogP contribution >= 0.6 is 11.6 Å². The Kier molecular flexibility index (Phi) is 4.51. The van der Waals surface area contributed by atoms with Crippen LogP contribution in [0.1, 0.15) is 0 Å². The van der Waals surface area contributed by atoms with E-state index in [4.69, 9.17) is 16.6 Å². The molecular weight excluding hydrogens is 450 g/mol. The van der Waals surface area contributed by atoms with Gasteiger partial charge in [-0.1, -0.05) is 97.1 Å². The van der Waals surface area contributed by atoms with Gasteiger partial charge in [0.2, 0.25) is 5.28 Å². The summed E-state index contributed by atoms with van der Waals surface area (Å²) < 4.78 is 0. The average molecular weight is 468 g/mol. The SMILES string of the molecule is Clc1nc(-c2ccc3ccccc3c2)nc(-c2ccc3ccc4c5ccccc5ccc4c3c2)n1. The van der Waals surface area contributed by atoms with Gasteiger partial charge < -0.3 is 0 Å². The van der Waals surface area contributed by atoms with Gasteiger partial charge in [0.15, 0.2) is 11.6 Å². The minimum Gasteiger partial charge on any atom is -0.208 e. The topological polar surface area (TPSA) is 38.7 Å². The van der Waals surface area contributed by atoms with Crippen LogP contribution in [0.3, 0.4) is 0 Å². The Morgan fingerprint density at radius 2 is 0.943 bits per heavy atom. The second kappa shape index (κ2) is 7.86. The van der Waals surface area contributed by atoms with Crippen molar-refractivity contribution in [3.8, 4) is 22.8 Å². The molecule has 1 heterocycles. The molecule has 1 aromatic heterocycles. The Morgan fingerprint density at radius 3 is 1.71 bits per heavy atom. The maximum Gasteiger partial charge on any atom is 0.226 e. The zero-order valence-electron chi connectivity index (χ0n) is 18.6. The van der Waals surface area contributed by atoms with Gasteiger partial charge in [0.25, 0.3) is 0 Å². The molecule has 6 aromatic carbocycles. The molecule has 0 saturated carbocycles. The van der Waals surface area contributed by atoms with E-state index in [1.54, 1.807) is 0 Å². The number of aromatic nitrogens is 3. The van der Waals surface area contributed by atoms with Gasteiger partial charge in [0.05, 0.1) is 0 Å². The van der Waals surface area contributed by atoms with Crippen LogP contribution in [0.4, 0.5) is 0 Å². The number of hydrogen-bond donors (Lipinski definition) is 0. The Bertz CT molecular complexity index is 1930. The smallest absolute Gasteiger partial charge is 0.208 e. The largest absolute Gasteiger partial charge is 0.226 e. The Balaban J connectivity index is 1.41. The molecule has 35 heavy (non-hydrogen) atoms. The van der Waals surface area contributed by atoms with E-state index in [1.807, 2.05) is 24.3 Å². The van der Waals surface area contributed by atoms with Crippen LogP contribution in [-0.2, 0) is 0 Å². The third-order valence-electron chi connectivity index (χ3n) is 6.62. The summed E-state index contributed by atoms with van der Waals surface area (Å²) in [5.74, 6) is 1.13. The summed E-state index contributed by atoms with van der Waals surface area (Å²) in [6.07, 6.45) is 0. The second-order valence-electron chi connectivity index (χ2n) is 8.70. The van der Waals surface area contributed by atoms with E-state index in [0.29, 0.717) is 11.6 Å². The zero-order chi connectivity index (χ0) is 23.4. The molecule has 0 spiro atoms. The van der Waals surface area contributed by atoms with Crippen LogP contribution in [0.5, 0.6) is 0 Å². The molecule has 4 heteroatoms. The highest BCUT2D eigenvalue weighted by Crippen LogP contribution is 2.33. The fraction of sp³-hybridized carbons (Fsp3) is 0. The number of hydrogen-bond acceptors (Lipinski definition) is 3. The first-order valence-electron chi connectivity index (χ1n) is 11.5. The first-order valence-corrected chi connectivity index (χ1v) is 11.9. The lowest BCUT2D eigenvalue weighted by atomic mass is 9.96. The lowest BCUT2D eigenvalue weighted by molar-refractivity contribution is 1.07. The van der Waals surface area contributed by atoms with Gasteiger partial charge in [-0.3, -0.25) is 0 Å². The first-order chi connectivity index (χ1) is 17.2. The molecule has 164 valence electrons. The van der Waals surface area contributed by atoms with Gasteiger partial charge in [-0.25, -0.2) is 4.98 Å². The van der Waals surface area contributed by atoms with Crippen molar-refractivity contribution >= 4 is 54.7 Å². The average Bonchev–Trinajstić information content (AvgIpc) is 2.91. The summed E-state index contributed by atoms with van der Waals surface area (Å²) in [5.41, 5.74) is 1.82. The minimum atomic E-state index is 0.183. The van der Waals surface area contributed by atoms with Crippen molar-refractivity contribution in [1.29, 1.82) is 0 Å². The van der Waals surface area contributed by atoms with Crippen LogP contribution in [0, 0.1) is 0 Å². The van der Waals surface area contributed by atoms with E-state index in [9.17, 15) is 0 Å². The molecule has 3 nitrogen and oxygen atoms in total. The molecule has 0 N–H and O–H groups in total. The number of rotatable bonds is 2. The number of fused-ring (bicyclic) bond motifs is 6. The predicted molar refractivity (Wildman–Crippen MR) is 146 cm³/mol. The molecule has 0 bridgehead atoms. The normalized spacial score (nSPS) is 11.6. The molecule has 0 radical (unpaired) electrons. The minimum absolute atomic E-state index is 0.183. The molecule has 0 saturated heterocycles. The lowest BCUT2D eigenvalue weighted by Gasteiger charge is -2.10. The molecule has 7 rings (SSSR count). The van der Waals surface area contributed by atoms with Gasteiger partial charge in [0, 0.05) is 11.1 Å². The number of nitrogens with zero attached hydrogens (tertiary/aromatic N) is 3. The molecule has 0 aliphatic rings. The fourth-order valence-electron chi connectivity index (χ4n) is 4.89. The van der Waals surface area contributed by atoms with Crippen LogP contribution < -0.4 is 0 Å². The lowest BCUT2D eigenvalue weighted by Crippen LogP contribution is -1.97. The van der Waals surface area contributed by atoms with E-state index in [2.05, 4.69) is 94.9 Å². The fourth-order valence-corrected chi connectivity index (χ4v) is 5.05. The van der Waals surface area contributed by atoms with Crippen molar-refractivity contribution in [2.45, 2.75) is 0 Å². The summed E-state index contributed by atoms with van der Waals surface area (Å²) in [5, 5.41) is 9.75. The Hall–Kier alpha value is -4.34. The predicted octanol–water partition coefficient (Wildman–Crippen LogP) is 8.47. The van der Waals surface area contributed by atoms with Gasteiger partial charge in [-0.05, 0) is 66.8 Å². The molecule has 0 fully saturated rings. The standard InChI is InChI=1S/C31H18ClN3/c32-31-34-29(23-11-9-19-5-1-2-7-22(19)17-23)33-30(35-31)24-12-10-21-14-15-26-25-8-4-3-6-20(25)13-16-27(26)28(21)18-24/h1-18H. The molecule has 0 aliphatic heterocycles. The van der Waals surface area contributed by atoms with Crippen molar-refractivity contribution in [2.75, 3.05) is 0 Å². The molecule has 0 unspecified atom stereocenters. The van der Waals surface area contributed by atoms with Crippen LogP contribution in [0.15, 0.2) is 109 Å². The molecule has 0 amide bonds. The van der Waals surface area contributed by atoms with E-state index in [0.717, 1.165) is 21.9 Å². The van der Waals surface area contributed by atoms with Crippen LogP contribution in [0.25, 0.3) is 65.9 Å². The number of halogens is 1. The van der Waals surface area contributed by atoms with Gasteiger partial charge in [0.1, 0.15) is 0 Å². The second-order valence-corrected chi connectivity index (χ2v) is 9.03. The summed E-state index contributed by atoms with van der Waals surface area (Å²) in [4.78, 5) is 13.7. The quantitative estimate of drug-likeness (QED) is 0.239. The molecule has 0 aliphatic carbocycles. The monoisotopic (exact) mass is 467 g/mol. The van der Waals surface area contributed by atoms with Gasteiger partial charge >= 0.3 is 0 Å². The van der Waals surface area contributed by atoms with E-state index < -0.39 is 0 Å². The maximum absolute atomic E-state index is 6.38. The zero-order valence-corrected chi connectivity index (χ0v) is 19.4. The number of benzene rings is 6. The summed E-state index contributed by atoms with van der Waals surface area (Å²) in [6.45, 7) is 0. The highest BCUT2D eigenvalue weighted by molar-refractivity contribution is 6.28. The van der Waals surface area contributed by atoms with Gasteiger partial charge in [-0.2, -0.15) is 9.97 Å². The summed E-state index contributed by atoms with van der Waals surface area (Å²) in [7, 11) is 0. The molecule has 7 aromatic rings. The Labute approximate surface area is 206 Å². The molecular formula is C31H18ClN3. The Morgan fingerprint density at radius 1 is 0.400 bits per heavy atom. The third kappa shape index (κ3) is 3.40. The highest BCUT2D eigenvalue weighted by atomic mass is 35.5. The van der Waals surface area contributed by atoms with Crippen molar-refractivity contribution in [3.63, 3.8) is 0 Å². The van der Waals surface area contributed by atoms with Crippen molar-refractivity contribution in [1.82, 2.24) is 15.0 Å². The van der Waals surface area contributed by atoms with Crippen molar-refractivity contribution in [3.05, 3.63) is 114 Å². The van der Waals surface area contributed by atoms with Crippen molar-refractivity contribution < 1.29 is 0 Å².